The highest BCUT2D eigenvalue weighted by Crippen LogP contribution is 2.26. The van der Waals surface area contributed by atoms with Crippen LogP contribution in [-0.2, 0) is 6.42 Å². The van der Waals surface area contributed by atoms with Gasteiger partial charge in [-0.3, -0.25) is 0 Å². The third-order valence-corrected chi connectivity index (χ3v) is 2.46. The van der Waals surface area contributed by atoms with Crippen molar-refractivity contribution in [2.45, 2.75) is 12.8 Å². The zero-order valence-corrected chi connectivity index (χ0v) is 8.93. The van der Waals surface area contributed by atoms with E-state index in [1.807, 2.05) is 0 Å². The van der Waals surface area contributed by atoms with Crippen LogP contribution in [0.2, 0.25) is 0 Å². The summed E-state index contributed by atoms with van der Waals surface area (Å²) in [6, 6.07) is 2.41. The van der Waals surface area contributed by atoms with Crippen molar-refractivity contribution in [2.24, 2.45) is 0 Å². The molecule has 0 radical (unpaired) electrons. The molecule has 0 spiro atoms. The van der Waals surface area contributed by atoms with Crippen molar-refractivity contribution >= 4 is 22.6 Å². The first kappa shape index (κ1) is 11.2. The highest BCUT2D eigenvalue weighted by molar-refractivity contribution is 14.1. The zero-order valence-electron chi connectivity index (χ0n) is 6.77. The summed E-state index contributed by atoms with van der Waals surface area (Å²) in [4.78, 5) is 3.37. The van der Waals surface area contributed by atoms with Gasteiger partial charge in [-0.05, 0) is 22.6 Å². The van der Waals surface area contributed by atoms with Crippen molar-refractivity contribution < 1.29 is 13.2 Å². The number of pyridine rings is 1. The van der Waals surface area contributed by atoms with Gasteiger partial charge in [0, 0.05) is 17.2 Å². The molecule has 14 heavy (non-hydrogen) atoms. The predicted molar refractivity (Wildman–Crippen MR) is 51.2 cm³/mol. The maximum absolute atomic E-state index is 12.7. The molecule has 0 amide bonds. The smallest absolute Gasteiger partial charge is 0.213 e. The van der Waals surface area contributed by atoms with Crippen molar-refractivity contribution in [1.82, 2.24) is 4.98 Å². The molecule has 2 nitrogen and oxygen atoms in total. The van der Waals surface area contributed by atoms with Crippen molar-refractivity contribution in [1.29, 1.82) is 5.26 Å². The van der Waals surface area contributed by atoms with E-state index in [1.54, 1.807) is 28.7 Å². The fourth-order valence-electron chi connectivity index (χ4n) is 0.977. The third-order valence-electron chi connectivity index (χ3n) is 1.57. The minimum atomic E-state index is -2.79. The molecule has 0 saturated heterocycles. The Morgan fingerprint density at radius 3 is 2.71 bits per heavy atom. The van der Waals surface area contributed by atoms with E-state index in [0.29, 0.717) is 6.07 Å². The van der Waals surface area contributed by atoms with Crippen LogP contribution in [-0.4, -0.2) is 4.98 Å². The molecular formula is C8H4F3IN2. The topological polar surface area (TPSA) is 36.7 Å². The van der Waals surface area contributed by atoms with Gasteiger partial charge in [-0.25, -0.2) is 13.8 Å². The number of halogens is 4. The molecule has 0 fully saturated rings. The normalized spacial score (nSPS) is 10.3. The van der Waals surface area contributed by atoms with Gasteiger partial charge in [0.05, 0.1) is 12.5 Å². The fourth-order valence-corrected chi connectivity index (χ4v) is 1.71. The summed E-state index contributed by atoms with van der Waals surface area (Å²) in [5.41, 5.74) is -0.354. The van der Waals surface area contributed by atoms with Gasteiger partial charge in [0.25, 0.3) is 6.43 Å². The molecule has 0 unspecified atom stereocenters. The quantitative estimate of drug-likeness (QED) is 0.622. The Hall–Kier alpha value is -0.840. The Morgan fingerprint density at radius 1 is 1.57 bits per heavy atom. The minimum Gasteiger partial charge on any atom is -0.213 e. The number of rotatable bonds is 2. The van der Waals surface area contributed by atoms with E-state index in [1.165, 1.54) is 0 Å². The summed E-state index contributed by atoms with van der Waals surface area (Å²) in [5, 5.41) is 8.40. The van der Waals surface area contributed by atoms with Crippen LogP contribution in [0.15, 0.2) is 6.07 Å². The molecule has 74 valence electrons. The molecule has 0 N–H and O–H groups in total. The van der Waals surface area contributed by atoms with E-state index in [2.05, 4.69) is 4.98 Å². The summed E-state index contributed by atoms with van der Waals surface area (Å²) in [6.45, 7) is 0. The average molecular weight is 312 g/mol. The van der Waals surface area contributed by atoms with Crippen LogP contribution in [0.4, 0.5) is 13.2 Å². The van der Waals surface area contributed by atoms with Crippen LogP contribution >= 0.6 is 22.6 Å². The zero-order chi connectivity index (χ0) is 10.7. The first-order chi connectivity index (χ1) is 6.56. The van der Waals surface area contributed by atoms with Crippen LogP contribution in [0.25, 0.3) is 0 Å². The van der Waals surface area contributed by atoms with Gasteiger partial charge in [-0.1, -0.05) is 0 Å². The Balaban J connectivity index is 3.30. The van der Waals surface area contributed by atoms with Crippen molar-refractivity contribution in [3.63, 3.8) is 0 Å². The molecular weight excluding hydrogens is 308 g/mol. The third kappa shape index (κ3) is 2.35. The van der Waals surface area contributed by atoms with Crippen LogP contribution < -0.4 is 0 Å². The molecule has 0 aromatic carbocycles. The van der Waals surface area contributed by atoms with E-state index in [-0.39, 0.29) is 15.7 Å². The van der Waals surface area contributed by atoms with Gasteiger partial charge in [0.15, 0.2) is 0 Å². The predicted octanol–water partition coefficient (Wildman–Crippen LogP) is 2.83. The maximum atomic E-state index is 12.7. The number of alkyl halides is 2. The number of aromatic nitrogens is 1. The van der Waals surface area contributed by atoms with Crippen molar-refractivity contribution in [3.8, 4) is 6.07 Å². The molecule has 1 aromatic rings. The van der Waals surface area contributed by atoms with Crippen molar-refractivity contribution in [3.05, 3.63) is 26.8 Å². The summed E-state index contributed by atoms with van der Waals surface area (Å²) in [6.07, 6.45) is -2.98. The molecule has 1 rings (SSSR count). The number of nitriles is 1. The first-order valence-electron chi connectivity index (χ1n) is 3.56. The lowest BCUT2D eigenvalue weighted by molar-refractivity contribution is 0.149. The Morgan fingerprint density at radius 2 is 2.21 bits per heavy atom. The van der Waals surface area contributed by atoms with E-state index in [4.69, 9.17) is 5.26 Å². The van der Waals surface area contributed by atoms with Gasteiger partial charge in [-0.2, -0.15) is 9.65 Å². The number of nitrogens with zero attached hydrogens (tertiary/aromatic N) is 2. The minimum absolute atomic E-state index is 0.101. The molecule has 0 saturated carbocycles. The van der Waals surface area contributed by atoms with E-state index in [9.17, 15) is 13.2 Å². The molecule has 1 heterocycles. The summed E-state index contributed by atoms with van der Waals surface area (Å²) in [5.74, 6) is -0.952. The highest BCUT2D eigenvalue weighted by atomic mass is 127. The van der Waals surface area contributed by atoms with E-state index in [0.717, 1.165) is 0 Å². The van der Waals surface area contributed by atoms with E-state index < -0.39 is 17.9 Å². The van der Waals surface area contributed by atoms with Gasteiger partial charge in [-0.15, -0.1) is 0 Å². The Bertz CT molecular complexity index is 387. The van der Waals surface area contributed by atoms with Crippen LogP contribution in [0, 0.1) is 21.0 Å². The summed E-state index contributed by atoms with van der Waals surface area (Å²) in [7, 11) is 0. The number of hydrogen-bond donors (Lipinski definition) is 0. The van der Waals surface area contributed by atoms with Crippen molar-refractivity contribution in [2.75, 3.05) is 0 Å². The molecule has 0 atom stereocenters. The van der Waals surface area contributed by atoms with E-state index >= 15 is 0 Å². The fraction of sp³-hybridized carbons (Fsp3) is 0.250. The van der Waals surface area contributed by atoms with Gasteiger partial charge >= 0.3 is 0 Å². The van der Waals surface area contributed by atoms with Gasteiger partial charge in [0.2, 0.25) is 5.95 Å². The second kappa shape index (κ2) is 4.59. The standard InChI is InChI=1S/C8H4F3IN2/c9-6-3-5(7(10)11)4(1-2-13)8(12)14-6/h3,7H,1H2. The lowest BCUT2D eigenvalue weighted by Crippen LogP contribution is -2.02. The molecule has 0 aliphatic carbocycles. The average Bonchev–Trinajstić information content (AvgIpc) is 2.09. The summed E-state index contributed by atoms with van der Waals surface area (Å²) >= 11 is 1.63. The second-order valence-corrected chi connectivity index (χ2v) is 3.46. The SMILES string of the molecule is N#CCc1c(C(F)F)cc(F)nc1I. The second-order valence-electron chi connectivity index (χ2n) is 2.44. The maximum Gasteiger partial charge on any atom is 0.264 e. The van der Waals surface area contributed by atoms with Crippen LogP contribution in [0.3, 0.4) is 0 Å². The molecule has 6 heteroatoms. The highest BCUT2D eigenvalue weighted by Gasteiger charge is 2.17. The number of hydrogen-bond acceptors (Lipinski definition) is 2. The largest absolute Gasteiger partial charge is 0.264 e. The van der Waals surface area contributed by atoms with Gasteiger partial charge in [0.1, 0.15) is 3.70 Å². The first-order valence-corrected chi connectivity index (χ1v) is 4.64. The van der Waals surface area contributed by atoms with Gasteiger partial charge < -0.3 is 0 Å². The molecule has 1 aromatic heterocycles. The van der Waals surface area contributed by atoms with Crippen LogP contribution in [0.5, 0.6) is 0 Å². The lowest BCUT2D eigenvalue weighted by atomic mass is 10.1. The molecule has 0 bridgehead atoms. The molecule has 0 aliphatic rings. The molecule has 0 aliphatic heterocycles. The Labute approximate surface area is 91.9 Å². The summed E-state index contributed by atoms with van der Waals surface area (Å²) < 4.78 is 37.6. The monoisotopic (exact) mass is 312 g/mol. The Kier molecular flexibility index (Phi) is 3.69. The lowest BCUT2D eigenvalue weighted by Gasteiger charge is -2.07. The van der Waals surface area contributed by atoms with Crippen LogP contribution in [0.1, 0.15) is 17.6 Å².